The second-order valence-corrected chi connectivity index (χ2v) is 11.6. The monoisotopic (exact) mass is 578 g/mol. The molecule has 1 unspecified atom stereocenters. The molecule has 1 aromatic heterocycles. The molecule has 1 heterocycles. The minimum Gasteiger partial charge on any atom is -0.480 e. The highest BCUT2D eigenvalue weighted by molar-refractivity contribution is 7.89. The number of amides is 1. The van der Waals surface area contributed by atoms with Gasteiger partial charge in [0.2, 0.25) is 10.0 Å². The summed E-state index contributed by atoms with van der Waals surface area (Å²) in [6.45, 7) is 6.29. The molecule has 0 fully saturated rings. The van der Waals surface area contributed by atoms with Crippen molar-refractivity contribution in [3.8, 4) is 11.1 Å². The molecule has 11 heteroatoms. The maximum absolute atomic E-state index is 13.0. The summed E-state index contributed by atoms with van der Waals surface area (Å²) >= 11 is 0. The lowest BCUT2D eigenvalue weighted by Gasteiger charge is -2.24. The third kappa shape index (κ3) is 5.79. The number of hydrogen-bond acceptors (Lipinski definition) is 7. The first-order chi connectivity index (χ1) is 19.4. The number of carboxylic acid groups (broad SMARTS) is 1. The minimum absolute atomic E-state index is 0.0593. The van der Waals surface area contributed by atoms with Gasteiger partial charge in [0.15, 0.2) is 5.76 Å². The summed E-state index contributed by atoms with van der Waals surface area (Å²) in [6.07, 6.45) is -1.11. The van der Waals surface area contributed by atoms with Gasteiger partial charge in [-0.3, -0.25) is 9.59 Å². The number of carbonyl (C=O) groups excluding carboxylic acids is 1. The first-order valence-electron chi connectivity index (χ1n) is 12.6. The average molecular weight is 579 g/mol. The van der Waals surface area contributed by atoms with Crippen LogP contribution < -0.4 is 5.32 Å². The summed E-state index contributed by atoms with van der Waals surface area (Å²) in [6, 6.07) is 16.6. The molecule has 4 aromatic rings. The normalized spacial score (nSPS) is 13.2. The van der Waals surface area contributed by atoms with Crippen LogP contribution >= 0.6 is 0 Å². The molecule has 0 aliphatic heterocycles. The molecule has 10 nitrogen and oxygen atoms in total. The van der Waals surface area contributed by atoms with Crippen LogP contribution in [0.5, 0.6) is 0 Å². The van der Waals surface area contributed by atoms with Gasteiger partial charge in [0.1, 0.15) is 17.7 Å². The number of anilines is 1. The number of hydrogen-bond donors (Lipinski definition) is 4. The average Bonchev–Trinajstić information content (AvgIpc) is 3.29. The Kier molecular flexibility index (Phi) is 8.45. The molecule has 4 N–H and O–H groups in total. The third-order valence-electron chi connectivity index (χ3n) is 6.80. The molecule has 0 bridgehead atoms. The lowest BCUT2D eigenvalue weighted by Crippen LogP contribution is -2.42. The molecule has 41 heavy (non-hydrogen) atoms. The van der Waals surface area contributed by atoms with E-state index in [1.165, 1.54) is 26.1 Å². The van der Waals surface area contributed by atoms with E-state index in [9.17, 15) is 33.3 Å². The Hall–Kier alpha value is -4.29. The number of benzene rings is 3. The maximum atomic E-state index is 13.0. The van der Waals surface area contributed by atoms with E-state index in [1.807, 2.05) is 0 Å². The fourth-order valence-electron chi connectivity index (χ4n) is 4.66. The van der Waals surface area contributed by atoms with Crippen molar-refractivity contribution in [2.24, 2.45) is 0 Å². The first kappa shape index (κ1) is 29.7. The second-order valence-electron chi connectivity index (χ2n) is 9.64. The zero-order valence-corrected chi connectivity index (χ0v) is 23.5. The van der Waals surface area contributed by atoms with Crippen LogP contribution in [0.2, 0.25) is 0 Å². The third-order valence-corrected chi connectivity index (χ3v) is 8.63. The van der Waals surface area contributed by atoms with Crippen LogP contribution in [0.25, 0.3) is 22.1 Å². The van der Waals surface area contributed by atoms with Gasteiger partial charge in [0.25, 0.3) is 5.91 Å². The molecule has 0 radical (unpaired) electrons. The summed E-state index contributed by atoms with van der Waals surface area (Å²) in [5, 5.41) is 32.3. The Morgan fingerprint density at radius 2 is 1.61 bits per heavy atom. The summed E-state index contributed by atoms with van der Waals surface area (Å²) < 4.78 is 32.5. The van der Waals surface area contributed by atoms with Gasteiger partial charge in [0, 0.05) is 23.7 Å². The van der Waals surface area contributed by atoms with E-state index in [0.717, 1.165) is 9.87 Å². The van der Waals surface area contributed by atoms with Crippen molar-refractivity contribution in [2.45, 2.75) is 30.9 Å². The van der Waals surface area contributed by atoms with Crippen molar-refractivity contribution in [3.05, 3.63) is 95.8 Å². The van der Waals surface area contributed by atoms with Crippen LogP contribution in [0, 0.1) is 6.92 Å². The number of aliphatic hydroxyl groups is 2. The Labute approximate surface area is 237 Å². The molecule has 1 amide bonds. The molecule has 0 saturated carbocycles. The van der Waals surface area contributed by atoms with Gasteiger partial charge in [0.05, 0.1) is 11.5 Å². The quantitative estimate of drug-likeness (QED) is 0.203. The van der Waals surface area contributed by atoms with Gasteiger partial charge in [-0.25, -0.2) is 8.42 Å². The van der Waals surface area contributed by atoms with E-state index in [2.05, 4.69) is 11.9 Å². The van der Waals surface area contributed by atoms with Crippen molar-refractivity contribution in [1.29, 1.82) is 0 Å². The van der Waals surface area contributed by atoms with Gasteiger partial charge in [-0.05, 0) is 60.9 Å². The molecule has 214 valence electrons. The van der Waals surface area contributed by atoms with Crippen molar-refractivity contribution in [2.75, 3.05) is 19.0 Å². The van der Waals surface area contributed by atoms with Crippen LogP contribution in [-0.2, 0) is 14.8 Å². The number of sulfonamides is 1. The smallest absolute Gasteiger partial charge is 0.326 e. The minimum atomic E-state index is -4.09. The number of fused-ring (bicyclic) bond motifs is 1. The topological polar surface area (TPSA) is 157 Å². The fourth-order valence-corrected chi connectivity index (χ4v) is 6.02. The fraction of sp³-hybridized carbons (Fsp3) is 0.200. The SMILES string of the molecule is C=C(C)[C@@H](C(=O)O)N(C)S(=O)(=O)c1ccc(-c2ccc(NC(=O)c3oc4cccc(C(O)CO)c4c3C)cc2)cc1. The molecule has 0 saturated heterocycles. The van der Waals surface area contributed by atoms with E-state index < -0.39 is 40.7 Å². The highest BCUT2D eigenvalue weighted by atomic mass is 32.2. The number of aliphatic carboxylic acids is 1. The molecule has 0 aliphatic rings. The van der Waals surface area contributed by atoms with Crippen molar-refractivity contribution in [1.82, 2.24) is 4.31 Å². The van der Waals surface area contributed by atoms with Gasteiger partial charge in [-0.2, -0.15) is 4.31 Å². The van der Waals surface area contributed by atoms with E-state index >= 15 is 0 Å². The van der Waals surface area contributed by atoms with Crippen LogP contribution in [0.1, 0.15) is 34.7 Å². The molecule has 4 rings (SSSR count). The molecule has 0 spiro atoms. The van der Waals surface area contributed by atoms with Crippen LogP contribution in [0.3, 0.4) is 0 Å². The van der Waals surface area contributed by atoms with Gasteiger partial charge in [-0.15, -0.1) is 0 Å². The van der Waals surface area contributed by atoms with Gasteiger partial charge < -0.3 is 25.1 Å². The summed E-state index contributed by atoms with van der Waals surface area (Å²) in [5.41, 5.74) is 3.58. The Balaban J connectivity index is 1.52. The lowest BCUT2D eigenvalue weighted by atomic mass is 10.0. The van der Waals surface area contributed by atoms with E-state index in [1.54, 1.807) is 61.5 Å². The number of nitrogens with zero attached hydrogens (tertiary/aromatic N) is 1. The lowest BCUT2D eigenvalue weighted by molar-refractivity contribution is -0.139. The van der Waals surface area contributed by atoms with Gasteiger partial charge >= 0.3 is 5.97 Å². The number of aliphatic hydroxyl groups excluding tert-OH is 2. The number of carboxylic acids is 1. The molecule has 3 aromatic carbocycles. The van der Waals surface area contributed by atoms with E-state index in [-0.39, 0.29) is 16.2 Å². The Bertz CT molecular complexity index is 1710. The molecule has 0 aliphatic carbocycles. The van der Waals surface area contributed by atoms with Crippen molar-refractivity contribution in [3.63, 3.8) is 0 Å². The first-order valence-corrected chi connectivity index (χ1v) is 14.0. The standard InChI is InChI=1S/C30H30N2O8S/c1-17(2)27(30(36)37)32(4)41(38,39)22-14-10-20(11-15-22)19-8-12-21(13-9-19)31-29(35)28-18(3)26-23(24(34)16-33)6-5-7-25(26)40-28/h5-15,24,27,33-34H,1,16H2,2-4H3,(H,31,35)(H,36,37)/t24?,27-/m0/s1. The molecular formula is C30H30N2O8S. The molecule has 2 atom stereocenters. The van der Waals surface area contributed by atoms with Crippen LogP contribution in [0.4, 0.5) is 5.69 Å². The van der Waals surface area contributed by atoms with Gasteiger partial charge in [-0.1, -0.05) is 48.6 Å². The van der Waals surface area contributed by atoms with Crippen LogP contribution in [-0.4, -0.2) is 59.6 Å². The largest absolute Gasteiger partial charge is 0.480 e. The zero-order valence-electron chi connectivity index (χ0n) is 22.7. The predicted molar refractivity (Wildman–Crippen MR) is 154 cm³/mol. The number of furan rings is 1. The number of carbonyl (C=O) groups is 2. The molecular weight excluding hydrogens is 548 g/mol. The highest BCUT2D eigenvalue weighted by Gasteiger charge is 2.33. The van der Waals surface area contributed by atoms with Crippen molar-refractivity contribution >= 4 is 38.6 Å². The van der Waals surface area contributed by atoms with E-state index in [0.29, 0.717) is 33.3 Å². The summed E-state index contributed by atoms with van der Waals surface area (Å²) in [5.74, 6) is -1.71. The number of rotatable bonds is 10. The van der Waals surface area contributed by atoms with Crippen molar-refractivity contribution < 1.29 is 37.7 Å². The maximum Gasteiger partial charge on any atom is 0.326 e. The summed E-state index contributed by atoms with van der Waals surface area (Å²) in [7, 11) is -2.88. The number of likely N-dealkylation sites (N-methyl/N-ethyl adjacent to an activating group) is 1. The Morgan fingerprint density at radius 3 is 2.15 bits per heavy atom. The van der Waals surface area contributed by atoms with E-state index in [4.69, 9.17) is 4.42 Å². The highest BCUT2D eigenvalue weighted by Crippen LogP contribution is 2.32. The predicted octanol–water partition coefficient (Wildman–Crippen LogP) is 4.34. The zero-order chi connectivity index (χ0) is 30.1. The number of nitrogens with one attached hydrogen (secondary N) is 1. The Morgan fingerprint density at radius 1 is 1.02 bits per heavy atom. The summed E-state index contributed by atoms with van der Waals surface area (Å²) in [4.78, 5) is 24.5. The van der Waals surface area contributed by atoms with Crippen LogP contribution in [0.15, 0.2) is 88.2 Å². The number of aryl methyl sites for hydroxylation is 1. The second kappa shape index (κ2) is 11.7.